The number of carbonyl (C=O) groups excluding carboxylic acids is 1. The van der Waals surface area contributed by atoms with Gasteiger partial charge in [-0.05, 0) is 13.0 Å². The molecule has 5 heteroatoms. The molecule has 1 aromatic heterocycles. The minimum Gasteiger partial charge on any atom is -0.459 e. The average Bonchev–Trinajstić information content (AvgIpc) is 2.74. The van der Waals surface area contributed by atoms with Gasteiger partial charge in [-0.2, -0.15) is 0 Å². The van der Waals surface area contributed by atoms with Crippen molar-refractivity contribution in [3.63, 3.8) is 0 Å². The van der Waals surface area contributed by atoms with Gasteiger partial charge in [0, 0.05) is 31.7 Å². The van der Waals surface area contributed by atoms with Crippen molar-refractivity contribution in [3.05, 3.63) is 23.7 Å². The molecule has 2 heterocycles. The van der Waals surface area contributed by atoms with Gasteiger partial charge in [-0.15, -0.1) is 0 Å². The minimum absolute atomic E-state index is 0.0561. The summed E-state index contributed by atoms with van der Waals surface area (Å²) in [6, 6.07) is 1.86. The molecule has 1 aliphatic rings. The van der Waals surface area contributed by atoms with Crippen molar-refractivity contribution in [2.75, 3.05) is 26.2 Å². The van der Waals surface area contributed by atoms with Gasteiger partial charge in [0.1, 0.15) is 0 Å². The summed E-state index contributed by atoms with van der Waals surface area (Å²) in [7, 11) is 0. The van der Waals surface area contributed by atoms with Crippen molar-refractivity contribution in [2.45, 2.75) is 13.0 Å². The molecule has 0 saturated carbocycles. The summed E-state index contributed by atoms with van der Waals surface area (Å²) in [5.41, 5.74) is 6.53. The van der Waals surface area contributed by atoms with Crippen LogP contribution < -0.4 is 11.1 Å². The van der Waals surface area contributed by atoms with E-state index in [0.717, 1.165) is 18.7 Å². The Hall–Kier alpha value is -1.33. The second kappa shape index (κ2) is 4.67. The monoisotopic (exact) mass is 223 g/mol. The van der Waals surface area contributed by atoms with Gasteiger partial charge in [0.2, 0.25) is 0 Å². The maximum atomic E-state index is 12.2. The van der Waals surface area contributed by atoms with Gasteiger partial charge in [-0.3, -0.25) is 4.79 Å². The molecule has 0 bridgehead atoms. The second-order valence-corrected chi connectivity index (χ2v) is 4.02. The Balaban J connectivity index is 2.17. The topological polar surface area (TPSA) is 71.5 Å². The van der Waals surface area contributed by atoms with E-state index in [-0.39, 0.29) is 11.9 Å². The Kier molecular flexibility index (Phi) is 3.26. The van der Waals surface area contributed by atoms with Gasteiger partial charge in [0.25, 0.3) is 5.91 Å². The lowest BCUT2D eigenvalue weighted by Gasteiger charge is -2.35. The fourth-order valence-electron chi connectivity index (χ4n) is 1.96. The minimum atomic E-state index is -0.0561. The van der Waals surface area contributed by atoms with Crippen LogP contribution in [0, 0.1) is 6.92 Å². The number of rotatable bonds is 2. The van der Waals surface area contributed by atoms with E-state index in [1.807, 2.05) is 6.92 Å². The quantitative estimate of drug-likeness (QED) is 0.738. The Morgan fingerprint density at radius 2 is 2.56 bits per heavy atom. The van der Waals surface area contributed by atoms with Crippen molar-refractivity contribution in [3.8, 4) is 0 Å². The third kappa shape index (κ3) is 1.96. The van der Waals surface area contributed by atoms with Crippen LogP contribution >= 0.6 is 0 Å². The van der Waals surface area contributed by atoms with Gasteiger partial charge in [-0.25, -0.2) is 0 Å². The lowest BCUT2D eigenvalue weighted by Crippen LogP contribution is -2.56. The average molecular weight is 223 g/mol. The third-order valence-corrected chi connectivity index (χ3v) is 2.94. The van der Waals surface area contributed by atoms with Crippen LogP contribution in [0.3, 0.4) is 0 Å². The summed E-state index contributed by atoms with van der Waals surface area (Å²) in [6.45, 7) is 4.58. The molecule has 0 radical (unpaired) electrons. The molecule has 1 aromatic rings. The Morgan fingerprint density at radius 3 is 3.19 bits per heavy atom. The van der Waals surface area contributed by atoms with E-state index < -0.39 is 0 Å². The summed E-state index contributed by atoms with van der Waals surface area (Å²) >= 11 is 0. The Labute approximate surface area is 94.6 Å². The fourth-order valence-corrected chi connectivity index (χ4v) is 1.96. The van der Waals surface area contributed by atoms with E-state index in [1.165, 1.54) is 0 Å². The van der Waals surface area contributed by atoms with E-state index >= 15 is 0 Å². The predicted octanol–water partition coefficient (Wildman–Crippen LogP) is -0.0393. The van der Waals surface area contributed by atoms with Crippen molar-refractivity contribution in [1.82, 2.24) is 10.2 Å². The van der Waals surface area contributed by atoms with E-state index in [1.54, 1.807) is 17.2 Å². The van der Waals surface area contributed by atoms with Crippen LogP contribution in [0.25, 0.3) is 0 Å². The molecule has 88 valence electrons. The van der Waals surface area contributed by atoms with Crippen LogP contribution in [0.4, 0.5) is 0 Å². The van der Waals surface area contributed by atoms with E-state index in [0.29, 0.717) is 18.8 Å². The third-order valence-electron chi connectivity index (χ3n) is 2.94. The molecule has 1 fully saturated rings. The zero-order chi connectivity index (χ0) is 11.5. The number of nitrogens with zero attached hydrogens (tertiary/aromatic N) is 1. The van der Waals surface area contributed by atoms with Crippen LogP contribution in [0.1, 0.15) is 16.1 Å². The molecule has 1 saturated heterocycles. The van der Waals surface area contributed by atoms with Gasteiger partial charge in [0.15, 0.2) is 5.76 Å². The van der Waals surface area contributed by atoms with Crippen molar-refractivity contribution < 1.29 is 9.21 Å². The summed E-state index contributed by atoms with van der Waals surface area (Å²) < 4.78 is 5.22. The number of aryl methyl sites for hydroxylation is 1. The Bertz CT molecular complexity index is 375. The van der Waals surface area contributed by atoms with E-state index in [2.05, 4.69) is 5.32 Å². The number of piperazine rings is 1. The number of carbonyl (C=O) groups is 1. The first-order valence-corrected chi connectivity index (χ1v) is 5.50. The maximum Gasteiger partial charge on any atom is 0.290 e. The van der Waals surface area contributed by atoms with Crippen LogP contribution in [-0.2, 0) is 0 Å². The number of amides is 1. The standard InChI is InChI=1S/C11H17N3O2/c1-8-2-5-16-10(8)11(15)14-4-3-13-7-9(14)6-12/h2,5,9,13H,3-4,6-7,12H2,1H3. The van der Waals surface area contributed by atoms with Crippen LogP contribution in [0.15, 0.2) is 16.7 Å². The molecular formula is C11H17N3O2. The molecule has 2 rings (SSSR count). The number of hydrogen-bond acceptors (Lipinski definition) is 4. The van der Waals surface area contributed by atoms with Gasteiger partial charge < -0.3 is 20.4 Å². The number of hydrogen-bond donors (Lipinski definition) is 2. The SMILES string of the molecule is Cc1ccoc1C(=O)N1CCNCC1CN. The number of furan rings is 1. The highest BCUT2D eigenvalue weighted by atomic mass is 16.3. The highest BCUT2D eigenvalue weighted by Gasteiger charge is 2.28. The molecule has 5 nitrogen and oxygen atoms in total. The highest BCUT2D eigenvalue weighted by molar-refractivity contribution is 5.93. The van der Waals surface area contributed by atoms with Crippen LogP contribution in [0.2, 0.25) is 0 Å². The molecule has 1 unspecified atom stereocenters. The second-order valence-electron chi connectivity index (χ2n) is 4.02. The lowest BCUT2D eigenvalue weighted by molar-refractivity contribution is 0.0611. The molecular weight excluding hydrogens is 206 g/mol. The molecule has 0 aromatic carbocycles. The van der Waals surface area contributed by atoms with Crippen molar-refractivity contribution in [1.29, 1.82) is 0 Å². The first kappa shape index (κ1) is 11.2. The summed E-state index contributed by atoms with van der Waals surface area (Å²) in [5.74, 6) is 0.375. The molecule has 1 atom stereocenters. The van der Waals surface area contributed by atoms with Gasteiger partial charge >= 0.3 is 0 Å². The predicted molar refractivity (Wildman–Crippen MR) is 60.2 cm³/mol. The molecule has 1 aliphatic heterocycles. The molecule has 0 spiro atoms. The van der Waals surface area contributed by atoms with E-state index in [9.17, 15) is 4.79 Å². The fraction of sp³-hybridized carbons (Fsp3) is 0.545. The molecule has 1 amide bonds. The highest BCUT2D eigenvalue weighted by Crippen LogP contribution is 2.14. The van der Waals surface area contributed by atoms with Gasteiger partial charge in [0.05, 0.1) is 12.3 Å². The van der Waals surface area contributed by atoms with E-state index in [4.69, 9.17) is 10.2 Å². The summed E-state index contributed by atoms with van der Waals surface area (Å²) in [5, 5.41) is 3.23. The zero-order valence-corrected chi connectivity index (χ0v) is 9.40. The number of nitrogens with one attached hydrogen (secondary N) is 1. The summed E-state index contributed by atoms with van der Waals surface area (Å²) in [6.07, 6.45) is 1.54. The van der Waals surface area contributed by atoms with Gasteiger partial charge in [-0.1, -0.05) is 0 Å². The van der Waals surface area contributed by atoms with Crippen molar-refractivity contribution in [2.24, 2.45) is 5.73 Å². The summed E-state index contributed by atoms with van der Waals surface area (Å²) in [4.78, 5) is 14.0. The first-order chi connectivity index (χ1) is 7.74. The molecule has 0 aliphatic carbocycles. The van der Waals surface area contributed by atoms with Crippen LogP contribution in [-0.4, -0.2) is 43.0 Å². The smallest absolute Gasteiger partial charge is 0.290 e. The maximum absolute atomic E-state index is 12.2. The normalized spacial score (nSPS) is 21.1. The number of nitrogens with two attached hydrogens (primary N) is 1. The first-order valence-electron chi connectivity index (χ1n) is 5.50. The molecule has 16 heavy (non-hydrogen) atoms. The molecule has 3 N–H and O–H groups in total. The Morgan fingerprint density at radius 1 is 1.75 bits per heavy atom. The zero-order valence-electron chi connectivity index (χ0n) is 9.40. The van der Waals surface area contributed by atoms with Crippen molar-refractivity contribution >= 4 is 5.91 Å². The largest absolute Gasteiger partial charge is 0.459 e. The van der Waals surface area contributed by atoms with Crippen LogP contribution in [0.5, 0.6) is 0 Å². The lowest BCUT2D eigenvalue weighted by atomic mass is 10.1.